The number of benzene rings is 2. The number of thiocarbonyl (C=S) groups is 1. The van der Waals surface area contributed by atoms with Gasteiger partial charge in [-0.05, 0) is 49.0 Å². The fourth-order valence-electron chi connectivity index (χ4n) is 1.91. The van der Waals surface area contributed by atoms with Gasteiger partial charge in [-0.1, -0.05) is 35.3 Å². The molecule has 0 aliphatic rings. The number of anilines is 1. The lowest BCUT2D eigenvalue weighted by atomic mass is 10.1. The number of hydrazine groups is 1. The Balaban J connectivity index is 1.89. The van der Waals surface area contributed by atoms with Crippen molar-refractivity contribution in [2.24, 2.45) is 0 Å². The minimum Gasteiger partial charge on any atom is -0.331 e. The fourth-order valence-corrected chi connectivity index (χ4v) is 2.48. The molecule has 0 atom stereocenters. The van der Waals surface area contributed by atoms with E-state index >= 15 is 0 Å². The van der Waals surface area contributed by atoms with Crippen LogP contribution in [0.25, 0.3) is 0 Å². The lowest BCUT2D eigenvalue weighted by Crippen LogP contribution is -2.44. The molecule has 0 spiro atoms. The average Bonchev–Trinajstić information content (AvgIpc) is 2.53. The van der Waals surface area contributed by atoms with Gasteiger partial charge in [-0.2, -0.15) is 0 Å². The maximum absolute atomic E-state index is 13.6. The highest BCUT2D eigenvalue weighted by atomic mass is 35.5. The monoisotopic (exact) mass is 385 g/mol. The van der Waals surface area contributed by atoms with Crippen LogP contribution >= 0.6 is 35.4 Å². The second-order valence-corrected chi connectivity index (χ2v) is 6.22. The van der Waals surface area contributed by atoms with Crippen molar-refractivity contribution in [3.05, 3.63) is 63.4 Å². The first kappa shape index (κ1) is 18.4. The Hall–Kier alpha value is -1.89. The van der Waals surface area contributed by atoms with Crippen molar-refractivity contribution < 1.29 is 9.18 Å². The summed E-state index contributed by atoms with van der Waals surface area (Å²) >= 11 is 16.9. The van der Waals surface area contributed by atoms with Gasteiger partial charge in [0.05, 0.1) is 6.42 Å². The van der Waals surface area contributed by atoms with E-state index in [0.29, 0.717) is 10.7 Å². The largest absolute Gasteiger partial charge is 0.331 e. The first-order chi connectivity index (χ1) is 11.4. The first-order valence-corrected chi connectivity index (χ1v) is 8.08. The van der Waals surface area contributed by atoms with Crippen molar-refractivity contribution in [1.29, 1.82) is 0 Å². The average molecular weight is 386 g/mol. The minimum absolute atomic E-state index is 0.128. The van der Waals surface area contributed by atoms with Crippen LogP contribution in [0, 0.1) is 12.7 Å². The second-order valence-electron chi connectivity index (χ2n) is 4.96. The number of carbonyl (C=O) groups is 1. The molecule has 0 fully saturated rings. The Morgan fingerprint density at radius 3 is 2.67 bits per heavy atom. The molecule has 2 aromatic carbocycles. The van der Waals surface area contributed by atoms with Crippen LogP contribution in [0.1, 0.15) is 11.1 Å². The molecular formula is C16H14Cl2FN3OS. The van der Waals surface area contributed by atoms with E-state index in [1.165, 1.54) is 18.2 Å². The summed E-state index contributed by atoms with van der Waals surface area (Å²) in [5.41, 5.74) is 6.72. The molecule has 0 heterocycles. The molecule has 3 N–H and O–H groups in total. The Kier molecular flexibility index (Phi) is 6.36. The predicted molar refractivity (Wildman–Crippen MR) is 98.8 cm³/mol. The normalized spacial score (nSPS) is 10.2. The topological polar surface area (TPSA) is 53.2 Å². The Morgan fingerprint density at radius 2 is 1.96 bits per heavy atom. The van der Waals surface area contributed by atoms with Gasteiger partial charge >= 0.3 is 0 Å². The third-order valence-electron chi connectivity index (χ3n) is 3.16. The molecule has 2 aromatic rings. The highest BCUT2D eigenvalue weighted by Crippen LogP contribution is 2.20. The number of hydrogen-bond donors (Lipinski definition) is 3. The summed E-state index contributed by atoms with van der Waals surface area (Å²) in [6.07, 6.45) is -0.211. The number of halogens is 3. The SMILES string of the molecule is Cc1ccc(Cl)cc1NC(=S)NNC(=O)Cc1c(F)cccc1Cl. The molecule has 24 heavy (non-hydrogen) atoms. The molecule has 0 radical (unpaired) electrons. The van der Waals surface area contributed by atoms with Crippen molar-refractivity contribution >= 4 is 52.1 Å². The van der Waals surface area contributed by atoms with E-state index < -0.39 is 11.7 Å². The quantitative estimate of drug-likeness (QED) is 0.551. The number of rotatable bonds is 3. The van der Waals surface area contributed by atoms with Crippen LogP contribution in [-0.2, 0) is 11.2 Å². The lowest BCUT2D eigenvalue weighted by Gasteiger charge is -2.14. The van der Waals surface area contributed by atoms with E-state index in [0.717, 1.165) is 5.56 Å². The molecule has 1 amide bonds. The number of hydrogen-bond acceptors (Lipinski definition) is 2. The van der Waals surface area contributed by atoms with Crippen LogP contribution in [0.3, 0.4) is 0 Å². The smallest absolute Gasteiger partial charge is 0.242 e. The van der Waals surface area contributed by atoms with Gasteiger partial charge in [0.2, 0.25) is 5.91 Å². The van der Waals surface area contributed by atoms with Gasteiger partial charge in [0.25, 0.3) is 0 Å². The molecule has 4 nitrogen and oxygen atoms in total. The highest BCUT2D eigenvalue weighted by molar-refractivity contribution is 7.80. The summed E-state index contributed by atoms with van der Waals surface area (Å²) in [7, 11) is 0. The zero-order chi connectivity index (χ0) is 17.7. The standard InChI is InChI=1S/C16H14Cl2FN3OS/c1-9-5-6-10(17)7-14(9)20-16(24)22-21-15(23)8-11-12(18)3-2-4-13(11)19/h2-7H,8H2,1H3,(H,21,23)(H2,20,22,24). The molecule has 0 saturated carbocycles. The van der Waals surface area contributed by atoms with Crippen LogP contribution < -0.4 is 16.2 Å². The molecule has 0 aromatic heterocycles. The number of aryl methyl sites for hydroxylation is 1. The summed E-state index contributed by atoms with van der Waals surface area (Å²) in [5.74, 6) is -1.01. The van der Waals surface area contributed by atoms with Crippen molar-refractivity contribution in [2.45, 2.75) is 13.3 Å². The molecular weight excluding hydrogens is 372 g/mol. The van der Waals surface area contributed by atoms with Crippen LogP contribution in [0.2, 0.25) is 10.0 Å². The molecule has 2 rings (SSSR count). The van der Waals surface area contributed by atoms with E-state index in [2.05, 4.69) is 16.2 Å². The maximum atomic E-state index is 13.6. The van der Waals surface area contributed by atoms with Gasteiger partial charge in [-0.25, -0.2) is 4.39 Å². The predicted octanol–water partition coefficient (Wildman–Crippen LogP) is 4.00. The molecule has 126 valence electrons. The van der Waals surface area contributed by atoms with Gasteiger partial charge in [-0.15, -0.1) is 0 Å². The van der Waals surface area contributed by atoms with Crippen LogP contribution in [0.5, 0.6) is 0 Å². The summed E-state index contributed by atoms with van der Waals surface area (Å²) in [6, 6.07) is 9.56. The zero-order valence-electron chi connectivity index (χ0n) is 12.6. The summed E-state index contributed by atoms with van der Waals surface area (Å²) in [6.45, 7) is 1.89. The molecule has 0 aliphatic carbocycles. The lowest BCUT2D eigenvalue weighted by molar-refractivity contribution is -0.121. The van der Waals surface area contributed by atoms with E-state index in [9.17, 15) is 9.18 Å². The van der Waals surface area contributed by atoms with Crippen LogP contribution in [0.15, 0.2) is 36.4 Å². The number of nitrogens with one attached hydrogen (secondary N) is 3. The van der Waals surface area contributed by atoms with Crippen LogP contribution in [-0.4, -0.2) is 11.0 Å². The molecule has 0 saturated heterocycles. The van der Waals surface area contributed by atoms with Gasteiger partial charge in [0.1, 0.15) is 5.82 Å². The minimum atomic E-state index is -0.534. The van der Waals surface area contributed by atoms with Crippen LogP contribution in [0.4, 0.5) is 10.1 Å². The molecule has 8 heteroatoms. The Morgan fingerprint density at radius 1 is 1.21 bits per heavy atom. The Labute approximate surface area is 154 Å². The van der Waals surface area contributed by atoms with E-state index in [-0.39, 0.29) is 22.1 Å². The van der Waals surface area contributed by atoms with Crippen molar-refractivity contribution in [3.63, 3.8) is 0 Å². The number of carbonyl (C=O) groups excluding carboxylic acids is 1. The van der Waals surface area contributed by atoms with Gasteiger partial charge in [0.15, 0.2) is 5.11 Å². The zero-order valence-corrected chi connectivity index (χ0v) is 14.9. The van der Waals surface area contributed by atoms with E-state index in [1.807, 2.05) is 13.0 Å². The molecule has 0 unspecified atom stereocenters. The molecule has 0 aliphatic heterocycles. The van der Waals surface area contributed by atoms with Crippen molar-refractivity contribution in [2.75, 3.05) is 5.32 Å². The van der Waals surface area contributed by atoms with Gasteiger partial charge in [-0.3, -0.25) is 15.6 Å². The second kappa shape index (κ2) is 8.28. The molecule has 0 bridgehead atoms. The highest BCUT2D eigenvalue weighted by Gasteiger charge is 2.12. The number of amides is 1. The van der Waals surface area contributed by atoms with E-state index in [1.54, 1.807) is 12.1 Å². The third kappa shape index (κ3) is 5.06. The summed E-state index contributed by atoms with van der Waals surface area (Å²) in [5, 5.41) is 3.84. The summed E-state index contributed by atoms with van der Waals surface area (Å²) < 4.78 is 13.6. The van der Waals surface area contributed by atoms with Gasteiger partial charge in [0, 0.05) is 21.3 Å². The maximum Gasteiger partial charge on any atom is 0.242 e. The van der Waals surface area contributed by atoms with E-state index in [4.69, 9.17) is 35.4 Å². The Bertz CT molecular complexity index is 766. The fraction of sp³-hybridized carbons (Fsp3) is 0.125. The third-order valence-corrected chi connectivity index (χ3v) is 3.96. The first-order valence-electron chi connectivity index (χ1n) is 6.91. The summed E-state index contributed by atoms with van der Waals surface area (Å²) in [4.78, 5) is 11.9. The van der Waals surface area contributed by atoms with Gasteiger partial charge < -0.3 is 5.32 Å². The van der Waals surface area contributed by atoms with Crippen molar-refractivity contribution in [3.8, 4) is 0 Å². The van der Waals surface area contributed by atoms with Crippen molar-refractivity contribution in [1.82, 2.24) is 10.9 Å².